The van der Waals surface area contributed by atoms with Crippen LogP contribution >= 0.6 is 0 Å². The first kappa shape index (κ1) is 6.95. The molecule has 0 unspecified atom stereocenters. The molecule has 0 aromatic carbocycles. The molecule has 0 saturated carbocycles. The average Bonchev–Trinajstić information content (AvgIpc) is 1.83. The van der Waals surface area contributed by atoms with Crippen LogP contribution in [-0.2, 0) is 0 Å². The molecule has 8 heavy (non-hydrogen) atoms. The summed E-state index contributed by atoms with van der Waals surface area (Å²) >= 11 is 0. The first-order valence-electron chi connectivity index (χ1n) is 2.29. The van der Waals surface area contributed by atoms with Crippen LogP contribution in [0.4, 0.5) is 0 Å². The number of hydrogen-bond acceptors (Lipinski definition) is 2. The van der Waals surface area contributed by atoms with E-state index in [0.717, 1.165) is 0 Å². The molecule has 0 amide bonds. The van der Waals surface area contributed by atoms with Gasteiger partial charge in [0.1, 0.15) is 5.76 Å². The van der Waals surface area contributed by atoms with Crippen LogP contribution in [0.25, 0.3) is 0 Å². The minimum absolute atomic E-state index is 0.206. The van der Waals surface area contributed by atoms with E-state index in [1.54, 1.807) is 13.0 Å². The van der Waals surface area contributed by atoms with E-state index in [2.05, 4.69) is 11.7 Å². The SMILES string of the molecule is C=N/C=C\C(O)=C/C. The fourth-order valence-electron chi connectivity index (χ4n) is 0.225. The first-order valence-corrected chi connectivity index (χ1v) is 2.29. The van der Waals surface area contributed by atoms with E-state index in [1.807, 2.05) is 0 Å². The van der Waals surface area contributed by atoms with Crippen molar-refractivity contribution >= 4 is 6.72 Å². The molecule has 0 aromatic heterocycles. The van der Waals surface area contributed by atoms with Crippen LogP contribution in [-0.4, -0.2) is 11.8 Å². The van der Waals surface area contributed by atoms with E-state index < -0.39 is 0 Å². The van der Waals surface area contributed by atoms with Gasteiger partial charge < -0.3 is 5.11 Å². The zero-order valence-electron chi connectivity index (χ0n) is 4.83. The smallest absolute Gasteiger partial charge is 0.112 e. The summed E-state index contributed by atoms with van der Waals surface area (Å²) in [6.07, 6.45) is 4.46. The van der Waals surface area contributed by atoms with Crippen molar-refractivity contribution in [1.82, 2.24) is 0 Å². The normalized spacial score (nSPS) is 12.4. The Bertz CT molecular complexity index is 124. The van der Waals surface area contributed by atoms with Gasteiger partial charge in [0, 0.05) is 6.20 Å². The van der Waals surface area contributed by atoms with Crippen molar-refractivity contribution in [2.45, 2.75) is 6.92 Å². The fraction of sp³-hybridized carbons (Fsp3) is 0.167. The van der Waals surface area contributed by atoms with Crippen molar-refractivity contribution in [3.05, 3.63) is 24.1 Å². The highest BCUT2D eigenvalue weighted by Crippen LogP contribution is 1.87. The molecule has 0 aromatic rings. The van der Waals surface area contributed by atoms with Crippen LogP contribution in [0.15, 0.2) is 29.1 Å². The molecular weight excluding hydrogens is 102 g/mol. The van der Waals surface area contributed by atoms with Gasteiger partial charge in [-0.3, -0.25) is 4.99 Å². The molecule has 0 radical (unpaired) electrons. The quantitative estimate of drug-likeness (QED) is 0.328. The molecule has 0 saturated heterocycles. The molecule has 1 N–H and O–H groups in total. The standard InChI is InChI=1S/C6H9NO/c1-3-6(8)4-5-7-2/h3-5,8H,2H2,1H3/b5-4-,6-3+. The number of rotatable bonds is 2. The second-order valence-electron chi connectivity index (χ2n) is 1.21. The van der Waals surface area contributed by atoms with Crippen molar-refractivity contribution < 1.29 is 5.11 Å². The molecule has 0 aliphatic rings. The Balaban J connectivity index is 3.69. The van der Waals surface area contributed by atoms with Crippen LogP contribution in [0.3, 0.4) is 0 Å². The summed E-state index contributed by atoms with van der Waals surface area (Å²) in [7, 11) is 0. The molecule has 2 nitrogen and oxygen atoms in total. The highest BCUT2D eigenvalue weighted by Gasteiger charge is 1.74. The molecule has 2 heteroatoms. The first-order chi connectivity index (χ1) is 3.81. The van der Waals surface area contributed by atoms with Gasteiger partial charge >= 0.3 is 0 Å². The predicted molar refractivity (Wildman–Crippen MR) is 35.1 cm³/mol. The third kappa shape index (κ3) is 3.15. The third-order valence-corrected chi connectivity index (χ3v) is 0.646. The highest BCUT2D eigenvalue weighted by atomic mass is 16.3. The lowest BCUT2D eigenvalue weighted by molar-refractivity contribution is 0.431. The summed E-state index contributed by atoms with van der Waals surface area (Å²) in [4.78, 5) is 3.39. The van der Waals surface area contributed by atoms with Gasteiger partial charge in [-0.2, -0.15) is 0 Å². The minimum Gasteiger partial charge on any atom is -0.508 e. The summed E-state index contributed by atoms with van der Waals surface area (Å²) in [6, 6.07) is 0. The van der Waals surface area contributed by atoms with E-state index in [1.165, 1.54) is 12.3 Å². The molecule has 44 valence electrons. The van der Waals surface area contributed by atoms with Crippen LogP contribution < -0.4 is 0 Å². The van der Waals surface area contributed by atoms with E-state index in [0.29, 0.717) is 0 Å². The molecule has 0 fully saturated rings. The van der Waals surface area contributed by atoms with E-state index in [4.69, 9.17) is 5.11 Å². The summed E-state index contributed by atoms with van der Waals surface area (Å²) < 4.78 is 0. The van der Waals surface area contributed by atoms with Crippen molar-refractivity contribution in [3.63, 3.8) is 0 Å². The summed E-state index contributed by atoms with van der Waals surface area (Å²) in [5.74, 6) is 0.206. The summed E-state index contributed by atoms with van der Waals surface area (Å²) in [5, 5.41) is 8.68. The summed E-state index contributed by atoms with van der Waals surface area (Å²) in [5.41, 5.74) is 0. The van der Waals surface area contributed by atoms with Gasteiger partial charge in [0.25, 0.3) is 0 Å². The van der Waals surface area contributed by atoms with Gasteiger partial charge in [0.05, 0.1) is 0 Å². The topological polar surface area (TPSA) is 32.6 Å². The number of aliphatic imine (C=N–C) groups is 1. The zero-order chi connectivity index (χ0) is 6.41. The number of nitrogens with zero attached hydrogens (tertiary/aromatic N) is 1. The Morgan fingerprint density at radius 2 is 2.38 bits per heavy atom. The lowest BCUT2D eigenvalue weighted by Gasteiger charge is -1.81. The second-order valence-corrected chi connectivity index (χ2v) is 1.21. The maximum Gasteiger partial charge on any atom is 0.112 e. The molecule has 0 aliphatic carbocycles. The lowest BCUT2D eigenvalue weighted by atomic mass is 10.4. The van der Waals surface area contributed by atoms with Crippen molar-refractivity contribution in [2.75, 3.05) is 0 Å². The number of hydrogen-bond donors (Lipinski definition) is 1. The lowest BCUT2D eigenvalue weighted by Crippen LogP contribution is -1.67. The Kier molecular flexibility index (Phi) is 3.58. The molecular formula is C6H9NO. The minimum atomic E-state index is 0.206. The summed E-state index contributed by atoms with van der Waals surface area (Å²) in [6.45, 7) is 4.93. The van der Waals surface area contributed by atoms with E-state index in [-0.39, 0.29) is 5.76 Å². The van der Waals surface area contributed by atoms with Crippen LogP contribution in [0.1, 0.15) is 6.92 Å². The number of allylic oxidation sites excluding steroid dienone is 2. The van der Waals surface area contributed by atoms with Gasteiger partial charge in [-0.1, -0.05) is 0 Å². The Morgan fingerprint density at radius 3 is 2.75 bits per heavy atom. The highest BCUT2D eigenvalue weighted by molar-refractivity contribution is 5.26. The van der Waals surface area contributed by atoms with Crippen molar-refractivity contribution in [1.29, 1.82) is 0 Å². The van der Waals surface area contributed by atoms with Gasteiger partial charge in [-0.05, 0) is 25.8 Å². The molecule has 0 bridgehead atoms. The monoisotopic (exact) mass is 111 g/mol. The van der Waals surface area contributed by atoms with Gasteiger partial charge in [0.15, 0.2) is 0 Å². The maximum atomic E-state index is 8.68. The van der Waals surface area contributed by atoms with Crippen molar-refractivity contribution in [3.8, 4) is 0 Å². The van der Waals surface area contributed by atoms with Crippen LogP contribution in [0.2, 0.25) is 0 Å². The average molecular weight is 111 g/mol. The molecule has 0 heterocycles. The third-order valence-electron chi connectivity index (χ3n) is 0.646. The Morgan fingerprint density at radius 1 is 1.75 bits per heavy atom. The van der Waals surface area contributed by atoms with Crippen LogP contribution in [0, 0.1) is 0 Å². The molecule has 0 atom stereocenters. The molecule has 0 rings (SSSR count). The Hall–Kier alpha value is -1.05. The molecule has 0 spiro atoms. The number of aliphatic hydroxyl groups excluding tert-OH is 1. The van der Waals surface area contributed by atoms with Crippen LogP contribution in [0.5, 0.6) is 0 Å². The van der Waals surface area contributed by atoms with Crippen molar-refractivity contribution in [2.24, 2.45) is 4.99 Å². The molecule has 0 aliphatic heterocycles. The van der Waals surface area contributed by atoms with Gasteiger partial charge in [-0.15, -0.1) is 0 Å². The van der Waals surface area contributed by atoms with E-state index >= 15 is 0 Å². The second kappa shape index (κ2) is 4.12. The number of aliphatic hydroxyl groups is 1. The van der Waals surface area contributed by atoms with Gasteiger partial charge in [0.2, 0.25) is 0 Å². The largest absolute Gasteiger partial charge is 0.508 e. The maximum absolute atomic E-state index is 8.68. The predicted octanol–water partition coefficient (Wildman–Crippen LogP) is 1.66. The zero-order valence-corrected chi connectivity index (χ0v) is 4.83. The fourth-order valence-corrected chi connectivity index (χ4v) is 0.225. The van der Waals surface area contributed by atoms with E-state index in [9.17, 15) is 0 Å². The van der Waals surface area contributed by atoms with Gasteiger partial charge in [-0.25, -0.2) is 0 Å². The Labute approximate surface area is 48.9 Å².